The minimum Gasteiger partial charge on any atom is -0.464 e. The van der Waals surface area contributed by atoms with Crippen molar-refractivity contribution in [3.8, 4) is 5.75 Å². The van der Waals surface area contributed by atoms with Crippen molar-refractivity contribution in [3.05, 3.63) is 29.6 Å². The molecule has 0 bridgehead atoms. The number of ether oxygens (including phenoxy) is 2. The molecule has 1 rings (SSSR count). The van der Waals surface area contributed by atoms with Crippen molar-refractivity contribution in [2.24, 2.45) is 0 Å². The molecule has 0 atom stereocenters. The summed E-state index contributed by atoms with van der Waals surface area (Å²) in [6, 6.07) is 4.62. The van der Waals surface area contributed by atoms with E-state index in [9.17, 15) is 4.39 Å². The summed E-state index contributed by atoms with van der Waals surface area (Å²) in [5.41, 5.74) is 0.624. The van der Waals surface area contributed by atoms with E-state index in [0.717, 1.165) is 0 Å². The van der Waals surface area contributed by atoms with Crippen LogP contribution in [0, 0.1) is 5.82 Å². The quantitative estimate of drug-likeness (QED) is 0.554. The molecule has 0 fully saturated rings. The minimum absolute atomic E-state index is 0.0187. The number of rotatable bonds is 4. The SMILES string of the molecule is COCOc1c(F)cccc1CCl. The van der Waals surface area contributed by atoms with Gasteiger partial charge >= 0.3 is 0 Å². The molecular formula is C9H10ClFO2. The average Bonchev–Trinajstić information content (AvgIpc) is 2.15. The second kappa shape index (κ2) is 5.04. The third-order valence-electron chi connectivity index (χ3n) is 1.51. The van der Waals surface area contributed by atoms with Crippen LogP contribution in [0.3, 0.4) is 0 Å². The molecule has 0 amide bonds. The largest absolute Gasteiger partial charge is 0.464 e. The summed E-state index contributed by atoms with van der Waals surface area (Å²) in [6.45, 7) is 0.0187. The van der Waals surface area contributed by atoms with Crippen molar-refractivity contribution in [1.82, 2.24) is 0 Å². The van der Waals surface area contributed by atoms with Gasteiger partial charge in [-0.05, 0) is 6.07 Å². The van der Waals surface area contributed by atoms with Gasteiger partial charge in [0.15, 0.2) is 18.4 Å². The minimum atomic E-state index is -0.421. The van der Waals surface area contributed by atoms with Crippen molar-refractivity contribution in [1.29, 1.82) is 0 Å². The Morgan fingerprint density at radius 2 is 2.23 bits per heavy atom. The third kappa shape index (κ3) is 2.57. The van der Waals surface area contributed by atoms with E-state index in [-0.39, 0.29) is 18.4 Å². The van der Waals surface area contributed by atoms with E-state index in [1.165, 1.54) is 13.2 Å². The zero-order valence-electron chi connectivity index (χ0n) is 7.22. The zero-order valence-corrected chi connectivity index (χ0v) is 7.97. The number of alkyl halides is 1. The summed E-state index contributed by atoms with van der Waals surface area (Å²) in [5.74, 6) is -0.0360. The van der Waals surface area contributed by atoms with Crippen LogP contribution in [-0.4, -0.2) is 13.9 Å². The first-order valence-corrected chi connectivity index (χ1v) is 4.28. The Balaban J connectivity index is 2.87. The van der Waals surface area contributed by atoms with E-state index in [0.29, 0.717) is 5.56 Å². The Labute approximate surface area is 81.2 Å². The van der Waals surface area contributed by atoms with Gasteiger partial charge in [0.05, 0.1) is 5.88 Å². The fourth-order valence-electron chi connectivity index (χ4n) is 0.938. The molecule has 1 aromatic carbocycles. The smallest absolute Gasteiger partial charge is 0.188 e. The molecule has 0 aromatic heterocycles. The molecule has 4 heteroatoms. The van der Waals surface area contributed by atoms with Gasteiger partial charge in [0.25, 0.3) is 0 Å². The molecule has 0 radical (unpaired) electrons. The molecule has 0 N–H and O–H groups in total. The van der Waals surface area contributed by atoms with Crippen molar-refractivity contribution in [2.45, 2.75) is 5.88 Å². The fraction of sp³-hybridized carbons (Fsp3) is 0.333. The molecule has 0 saturated carbocycles. The Morgan fingerprint density at radius 1 is 1.46 bits per heavy atom. The average molecular weight is 205 g/mol. The van der Waals surface area contributed by atoms with Crippen LogP contribution >= 0.6 is 11.6 Å². The van der Waals surface area contributed by atoms with Gasteiger partial charge in [-0.1, -0.05) is 12.1 Å². The summed E-state index contributed by atoms with van der Waals surface area (Å²) >= 11 is 5.60. The van der Waals surface area contributed by atoms with Crippen LogP contribution in [0.2, 0.25) is 0 Å². The highest BCUT2D eigenvalue weighted by Crippen LogP contribution is 2.23. The van der Waals surface area contributed by atoms with Crippen molar-refractivity contribution >= 4 is 11.6 Å². The maximum absolute atomic E-state index is 13.1. The van der Waals surface area contributed by atoms with Gasteiger partial charge in [-0.25, -0.2) is 4.39 Å². The number of hydrogen-bond acceptors (Lipinski definition) is 2. The predicted octanol–water partition coefficient (Wildman–Crippen LogP) is 2.55. The third-order valence-corrected chi connectivity index (χ3v) is 1.80. The predicted molar refractivity (Wildman–Crippen MR) is 48.5 cm³/mol. The van der Waals surface area contributed by atoms with E-state index in [1.54, 1.807) is 12.1 Å². The molecule has 0 aliphatic carbocycles. The lowest BCUT2D eigenvalue weighted by atomic mass is 10.2. The van der Waals surface area contributed by atoms with Crippen LogP contribution in [0.1, 0.15) is 5.56 Å². The summed E-state index contributed by atoms with van der Waals surface area (Å²) in [5, 5.41) is 0. The van der Waals surface area contributed by atoms with Crippen LogP contribution in [-0.2, 0) is 10.6 Å². The van der Waals surface area contributed by atoms with Gasteiger partial charge in [0, 0.05) is 12.7 Å². The lowest BCUT2D eigenvalue weighted by molar-refractivity contribution is 0.0477. The standard InChI is InChI=1S/C9H10ClFO2/c1-12-6-13-9-7(5-10)3-2-4-8(9)11/h2-4H,5-6H2,1H3. The van der Waals surface area contributed by atoms with Crippen molar-refractivity contribution in [2.75, 3.05) is 13.9 Å². The van der Waals surface area contributed by atoms with Crippen LogP contribution in [0.15, 0.2) is 18.2 Å². The molecule has 0 unspecified atom stereocenters. The summed E-state index contributed by atoms with van der Waals surface area (Å²) in [4.78, 5) is 0. The summed E-state index contributed by atoms with van der Waals surface area (Å²) in [6.07, 6.45) is 0. The van der Waals surface area contributed by atoms with Crippen LogP contribution in [0.5, 0.6) is 5.75 Å². The van der Waals surface area contributed by atoms with E-state index < -0.39 is 5.82 Å². The Morgan fingerprint density at radius 3 is 2.85 bits per heavy atom. The maximum atomic E-state index is 13.1. The molecule has 1 aromatic rings. The monoisotopic (exact) mass is 204 g/mol. The number of para-hydroxylation sites is 1. The maximum Gasteiger partial charge on any atom is 0.188 e. The molecule has 0 aliphatic rings. The first-order chi connectivity index (χ1) is 6.29. The van der Waals surface area contributed by atoms with Crippen molar-refractivity contribution in [3.63, 3.8) is 0 Å². The van der Waals surface area contributed by atoms with E-state index in [4.69, 9.17) is 16.3 Å². The number of benzene rings is 1. The van der Waals surface area contributed by atoms with Gasteiger partial charge in [0.1, 0.15) is 0 Å². The van der Waals surface area contributed by atoms with E-state index in [1.807, 2.05) is 0 Å². The highest BCUT2D eigenvalue weighted by atomic mass is 35.5. The van der Waals surface area contributed by atoms with Crippen molar-refractivity contribution < 1.29 is 13.9 Å². The molecule has 72 valence electrons. The Hall–Kier alpha value is -0.800. The van der Waals surface area contributed by atoms with Gasteiger partial charge in [-0.3, -0.25) is 0 Å². The number of halogens is 2. The van der Waals surface area contributed by atoms with Crippen LogP contribution in [0.25, 0.3) is 0 Å². The van der Waals surface area contributed by atoms with E-state index in [2.05, 4.69) is 4.74 Å². The first kappa shape index (κ1) is 10.3. The van der Waals surface area contributed by atoms with Gasteiger partial charge in [-0.2, -0.15) is 0 Å². The molecule has 2 nitrogen and oxygen atoms in total. The van der Waals surface area contributed by atoms with Gasteiger partial charge < -0.3 is 9.47 Å². The highest BCUT2D eigenvalue weighted by Gasteiger charge is 2.08. The molecule has 0 spiro atoms. The molecule has 0 heterocycles. The topological polar surface area (TPSA) is 18.5 Å². The number of methoxy groups -OCH3 is 1. The second-order valence-corrected chi connectivity index (χ2v) is 2.68. The molecule has 0 saturated heterocycles. The normalized spacial score (nSPS) is 10.1. The fourth-order valence-corrected chi connectivity index (χ4v) is 1.15. The first-order valence-electron chi connectivity index (χ1n) is 3.74. The molecule has 13 heavy (non-hydrogen) atoms. The second-order valence-electron chi connectivity index (χ2n) is 2.41. The lowest BCUT2D eigenvalue weighted by Gasteiger charge is -2.09. The van der Waals surface area contributed by atoms with E-state index >= 15 is 0 Å². The molecule has 0 aliphatic heterocycles. The highest BCUT2D eigenvalue weighted by molar-refractivity contribution is 6.17. The Bertz CT molecular complexity index is 278. The van der Waals surface area contributed by atoms with Gasteiger partial charge in [0.2, 0.25) is 0 Å². The van der Waals surface area contributed by atoms with Crippen LogP contribution in [0.4, 0.5) is 4.39 Å². The summed E-state index contributed by atoms with van der Waals surface area (Å²) in [7, 11) is 1.47. The van der Waals surface area contributed by atoms with Gasteiger partial charge in [-0.15, -0.1) is 11.6 Å². The Kier molecular flexibility index (Phi) is 3.99. The zero-order chi connectivity index (χ0) is 9.68. The lowest BCUT2D eigenvalue weighted by Crippen LogP contribution is -2.02. The molecular weight excluding hydrogens is 195 g/mol. The summed E-state index contributed by atoms with van der Waals surface area (Å²) < 4.78 is 22.8. The number of hydrogen-bond donors (Lipinski definition) is 0. The van der Waals surface area contributed by atoms with Crippen LogP contribution < -0.4 is 4.74 Å².